The van der Waals surface area contributed by atoms with Crippen molar-refractivity contribution in [3.63, 3.8) is 0 Å². The van der Waals surface area contributed by atoms with Gasteiger partial charge in [0.05, 0.1) is 19.2 Å². The number of carbonyl (C=O) groups excluding carboxylic acids is 10. The number of hydrogen-bond donors (Lipinski definition) is 12. The lowest BCUT2D eigenvalue weighted by Gasteiger charge is -2.31. The Bertz CT molecular complexity index is 2340. The van der Waals surface area contributed by atoms with E-state index in [0.29, 0.717) is 63.4 Å². The third-order valence-corrected chi connectivity index (χ3v) is 14.6. The van der Waals surface area contributed by atoms with Crippen molar-refractivity contribution in [2.75, 3.05) is 32.8 Å². The summed E-state index contributed by atoms with van der Waals surface area (Å²) in [5, 5.41) is 41.4. The van der Waals surface area contributed by atoms with Crippen LogP contribution in [0, 0.1) is 5.92 Å². The molecule has 3 aliphatic rings. The van der Waals surface area contributed by atoms with Crippen LogP contribution in [0.1, 0.15) is 136 Å². The molecule has 4 rings (SSSR count). The first-order chi connectivity index (χ1) is 38.7. The molecule has 10 atom stereocenters. The predicted octanol–water partition coefficient (Wildman–Crippen LogP) is -0.969. The van der Waals surface area contributed by atoms with E-state index >= 15 is 0 Å². The zero-order chi connectivity index (χ0) is 59.6. The molecular formula is C56H88N12O13. The monoisotopic (exact) mass is 1140 g/mol. The summed E-state index contributed by atoms with van der Waals surface area (Å²) in [6, 6.07) is -3.06. The summed E-state index contributed by atoms with van der Waals surface area (Å²) in [5.41, 5.74) is 12.7. The van der Waals surface area contributed by atoms with E-state index in [1.54, 1.807) is 30.3 Å². The zero-order valence-electron chi connectivity index (χ0n) is 47.4. The summed E-state index contributed by atoms with van der Waals surface area (Å²) in [7, 11) is 0. The van der Waals surface area contributed by atoms with E-state index in [1.165, 1.54) is 22.0 Å². The summed E-state index contributed by atoms with van der Waals surface area (Å²) in [5.74, 6) is -8.32. The van der Waals surface area contributed by atoms with Crippen LogP contribution in [0.2, 0.25) is 0 Å². The number of nitrogens with zero attached hydrogens (tertiary/aromatic N) is 2. The summed E-state index contributed by atoms with van der Waals surface area (Å²) in [6.07, 6.45) is 8.27. The van der Waals surface area contributed by atoms with E-state index in [-0.39, 0.29) is 76.9 Å². The average molecular weight is 1140 g/mol. The van der Waals surface area contributed by atoms with Crippen molar-refractivity contribution < 1.29 is 63.0 Å². The van der Waals surface area contributed by atoms with Gasteiger partial charge in [0, 0.05) is 19.5 Å². The van der Waals surface area contributed by atoms with Gasteiger partial charge in [0.25, 0.3) is 0 Å². The van der Waals surface area contributed by atoms with Crippen molar-refractivity contribution in [3.05, 3.63) is 48.0 Å². The smallest absolute Gasteiger partial charge is 0.326 e. The fourth-order valence-corrected chi connectivity index (χ4v) is 10.00. The van der Waals surface area contributed by atoms with Gasteiger partial charge >= 0.3 is 5.97 Å². The average Bonchev–Trinajstić information content (AvgIpc) is 4.20. The van der Waals surface area contributed by atoms with Gasteiger partial charge in [-0.05, 0) is 95.1 Å². The van der Waals surface area contributed by atoms with Gasteiger partial charge in [-0.2, -0.15) is 0 Å². The van der Waals surface area contributed by atoms with Crippen LogP contribution in [0.4, 0.5) is 0 Å². The van der Waals surface area contributed by atoms with Crippen LogP contribution in [0.5, 0.6) is 0 Å². The molecule has 0 unspecified atom stereocenters. The third-order valence-electron chi connectivity index (χ3n) is 14.6. The molecule has 25 nitrogen and oxygen atoms in total. The van der Waals surface area contributed by atoms with Crippen LogP contribution in [0.3, 0.4) is 0 Å². The molecule has 1 aromatic carbocycles. The zero-order valence-corrected chi connectivity index (χ0v) is 47.4. The van der Waals surface area contributed by atoms with E-state index in [4.69, 9.17) is 11.5 Å². The molecule has 1 aromatic rings. The van der Waals surface area contributed by atoms with Gasteiger partial charge in [-0.1, -0.05) is 95.9 Å². The summed E-state index contributed by atoms with van der Waals surface area (Å²) < 4.78 is 0. The number of rotatable bonds is 26. The topological polar surface area (TPSA) is 383 Å². The molecule has 0 bridgehead atoms. The lowest BCUT2D eigenvalue weighted by atomic mass is 10.0. The maximum Gasteiger partial charge on any atom is 0.326 e. The fraction of sp³-hybridized carbons (Fsp3) is 0.661. The Kier molecular flexibility index (Phi) is 28.2. The number of carboxylic acid groups (broad SMARTS) is 1. The van der Waals surface area contributed by atoms with Crippen LogP contribution in [-0.2, 0) is 59.2 Å². The molecule has 450 valence electrons. The summed E-state index contributed by atoms with van der Waals surface area (Å²) in [4.78, 5) is 153. The second-order valence-corrected chi connectivity index (χ2v) is 21.5. The highest BCUT2D eigenvalue weighted by Gasteiger charge is 2.42. The number of nitrogens with one attached hydrogen (secondary N) is 8. The molecule has 0 spiro atoms. The highest BCUT2D eigenvalue weighted by atomic mass is 16.4. The molecule has 3 aliphatic heterocycles. The van der Waals surface area contributed by atoms with Gasteiger partial charge in [-0.25, -0.2) is 4.79 Å². The number of aliphatic carboxylic acids is 1. The van der Waals surface area contributed by atoms with Gasteiger partial charge in [0.2, 0.25) is 59.1 Å². The minimum absolute atomic E-state index is 0.0337. The number of nitrogens with two attached hydrogens (primary N) is 2. The molecule has 0 aromatic heterocycles. The number of benzene rings is 1. The predicted molar refractivity (Wildman–Crippen MR) is 299 cm³/mol. The molecule has 14 N–H and O–H groups in total. The van der Waals surface area contributed by atoms with Crippen molar-refractivity contribution in [1.82, 2.24) is 52.3 Å². The van der Waals surface area contributed by atoms with E-state index in [0.717, 1.165) is 0 Å². The van der Waals surface area contributed by atoms with Crippen LogP contribution in [0.25, 0.3) is 0 Å². The number of carboxylic acids is 1. The number of hydrogen-bond acceptors (Lipinski definition) is 14. The summed E-state index contributed by atoms with van der Waals surface area (Å²) >= 11 is 0. The lowest BCUT2D eigenvalue weighted by molar-refractivity contribution is -0.145. The molecule has 3 heterocycles. The van der Waals surface area contributed by atoms with Gasteiger partial charge in [0.15, 0.2) is 0 Å². The van der Waals surface area contributed by atoms with E-state index in [9.17, 15) is 63.0 Å². The Hall–Kier alpha value is -6.99. The maximum absolute atomic E-state index is 14.2. The second kappa shape index (κ2) is 34.3. The number of aliphatic hydroxyl groups excluding tert-OH is 1. The molecule has 0 aliphatic carbocycles. The maximum atomic E-state index is 14.2. The van der Waals surface area contributed by atoms with Crippen LogP contribution in [-0.4, -0.2) is 178 Å². The second-order valence-electron chi connectivity index (χ2n) is 21.5. The van der Waals surface area contributed by atoms with Crippen molar-refractivity contribution in [1.29, 1.82) is 0 Å². The van der Waals surface area contributed by atoms with E-state index in [2.05, 4.69) is 42.5 Å². The third kappa shape index (κ3) is 21.1. The SMILES string of the molecule is CCCC[C@@H]1NC(=O)[C@@H](N)C/C=C\C[C@@H](C(=O)N[C@@H](CCCCN)C(=O)NCC(=O)N2CCC[C@H]2C(=O)N[C@@H](CCCC)C(=O)N2CCC[C@H]2C(=O)N[C@@H](Cc2ccccc2)C(=O)O)NC(=O)[C@H](CO)NC(=O)[C@H](CC(C)C)NC1=O. The largest absolute Gasteiger partial charge is 0.480 e. The Morgan fingerprint density at radius 3 is 1.88 bits per heavy atom. The van der Waals surface area contributed by atoms with Gasteiger partial charge < -0.3 is 74.0 Å². The Morgan fingerprint density at radius 1 is 0.679 bits per heavy atom. The first kappa shape index (κ1) is 66.5. The van der Waals surface area contributed by atoms with Gasteiger partial charge in [0.1, 0.15) is 54.4 Å². The fourth-order valence-electron chi connectivity index (χ4n) is 10.00. The van der Waals surface area contributed by atoms with E-state index < -0.39 is 139 Å². The van der Waals surface area contributed by atoms with Crippen LogP contribution >= 0.6 is 0 Å². The molecule has 0 radical (unpaired) electrons. The van der Waals surface area contributed by atoms with Gasteiger partial charge in [-0.3, -0.25) is 47.9 Å². The highest BCUT2D eigenvalue weighted by Crippen LogP contribution is 2.23. The quantitative estimate of drug-likeness (QED) is 0.0392. The first-order valence-electron chi connectivity index (χ1n) is 28.7. The van der Waals surface area contributed by atoms with Crippen molar-refractivity contribution in [3.8, 4) is 0 Å². The normalized spacial score (nSPS) is 23.6. The molecule has 2 saturated heterocycles. The van der Waals surface area contributed by atoms with Crippen LogP contribution in [0.15, 0.2) is 42.5 Å². The van der Waals surface area contributed by atoms with Gasteiger partial charge in [-0.15, -0.1) is 0 Å². The minimum atomic E-state index is -1.58. The van der Waals surface area contributed by atoms with Crippen LogP contribution < -0.4 is 54.0 Å². The van der Waals surface area contributed by atoms with Crippen molar-refractivity contribution >= 4 is 65.0 Å². The van der Waals surface area contributed by atoms with E-state index in [1.807, 2.05) is 27.7 Å². The molecule has 0 saturated carbocycles. The number of carbonyl (C=O) groups is 11. The Labute approximate surface area is 474 Å². The summed E-state index contributed by atoms with van der Waals surface area (Å²) in [6.45, 7) is 6.63. The minimum Gasteiger partial charge on any atom is -0.480 e. The number of unbranched alkanes of at least 4 members (excludes halogenated alkanes) is 3. The number of amides is 10. The standard InChI is InChI=1S/C56H88N12O13/c1-5-7-21-38-50(74)64-41(30-34(3)4)51(75)66-43(33-69)52(76)62-39(23-13-12-20-36(58)47(71)60-38)49(73)61-37(24-14-15-27-57)48(72)59-32-46(70)67-28-16-25-44(67)53(77)63-40(22-8-6-2)55(79)68-29-17-26-45(68)54(78)65-42(56(80)81)31-35-18-10-9-11-19-35/h9-13,18-19,34,36-45,69H,5-8,14-17,20-33,57-58H2,1-4H3,(H,59,72)(H,60,71)(H,61,73)(H,62,76)(H,63,77)(H,64,74)(H,65,78)(H,66,75)(H,80,81)/b13-12-/t36-,37-,38-,39-,40-,41-,42-,43-,44-,45-/m0/s1. The molecule has 81 heavy (non-hydrogen) atoms. The molecule has 25 heteroatoms. The highest BCUT2D eigenvalue weighted by molar-refractivity contribution is 5.99. The molecular weight excluding hydrogens is 1050 g/mol. The first-order valence-corrected chi connectivity index (χ1v) is 28.7. The van der Waals surface area contributed by atoms with Crippen molar-refractivity contribution in [2.45, 2.75) is 197 Å². The number of aliphatic hydroxyl groups is 1. The number of likely N-dealkylation sites (tertiary alicyclic amines) is 2. The van der Waals surface area contributed by atoms with Crippen molar-refractivity contribution in [2.24, 2.45) is 17.4 Å². The molecule has 2 fully saturated rings. The molecule has 10 amide bonds. The Morgan fingerprint density at radius 2 is 1.25 bits per heavy atom. The lowest BCUT2D eigenvalue weighted by Crippen LogP contribution is -2.60. The Balaban J connectivity index is 1.47.